The van der Waals surface area contributed by atoms with E-state index in [1.807, 2.05) is 56.3 Å². The molecule has 5 rings (SSSR count). The van der Waals surface area contributed by atoms with Gasteiger partial charge < -0.3 is 23.9 Å². The molecular weight excluding hydrogens is 492 g/mol. The fraction of sp³-hybridized carbons (Fsp3) is 0.414. The molecule has 1 aromatic heterocycles. The third kappa shape index (κ3) is 5.57. The molecule has 194 valence electrons. The van der Waals surface area contributed by atoms with E-state index in [9.17, 15) is 4.79 Å². The third-order valence-corrected chi connectivity index (χ3v) is 6.97. The van der Waals surface area contributed by atoms with Crippen LogP contribution in [0.3, 0.4) is 0 Å². The average molecular weight is 523 g/mol. The van der Waals surface area contributed by atoms with Crippen molar-refractivity contribution in [2.24, 2.45) is 0 Å². The predicted molar refractivity (Wildman–Crippen MR) is 142 cm³/mol. The van der Waals surface area contributed by atoms with E-state index in [1.165, 1.54) is 5.56 Å². The third-order valence-electron chi connectivity index (χ3n) is 6.74. The van der Waals surface area contributed by atoms with Gasteiger partial charge in [0.2, 0.25) is 0 Å². The van der Waals surface area contributed by atoms with Crippen LogP contribution in [0.5, 0.6) is 5.75 Å². The van der Waals surface area contributed by atoms with Crippen LogP contribution in [0.15, 0.2) is 42.5 Å². The summed E-state index contributed by atoms with van der Waals surface area (Å²) in [4.78, 5) is 18.4. The number of benzene rings is 2. The molecule has 2 aliphatic heterocycles. The second-order valence-corrected chi connectivity index (χ2v) is 10.1. The fourth-order valence-electron chi connectivity index (χ4n) is 5.02. The van der Waals surface area contributed by atoms with E-state index in [4.69, 9.17) is 30.5 Å². The maximum absolute atomic E-state index is 13.1. The number of carbonyl (C=O) groups excluding carboxylic acids is 1. The number of nitrogens with zero attached hydrogens (tertiary/aromatic N) is 1. The van der Waals surface area contributed by atoms with Crippen molar-refractivity contribution in [2.45, 2.75) is 51.5 Å². The number of amides is 1. The molecule has 0 saturated carbocycles. The number of hydrogen-bond acceptors (Lipinski definition) is 5. The summed E-state index contributed by atoms with van der Waals surface area (Å²) in [6.45, 7) is 7.24. The minimum atomic E-state index is -0.532. The van der Waals surface area contributed by atoms with E-state index in [-0.39, 0.29) is 18.8 Å². The molecule has 2 aliphatic rings. The molecule has 2 aromatic carbocycles. The molecule has 0 aliphatic carbocycles. The number of H-pyrrole nitrogens is 1. The van der Waals surface area contributed by atoms with Gasteiger partial charge in [0.15, 0.2) is 12.4 Å². The number of halogens is 1. The summed E-state index contributed by atoms with van der Waals surface area (Å²) in [5, 5.41) is 1.77. The van der Waals surface area contributed by atoms with E-state index >= 15 is 0 Å². The Kier molecular flexibility index (Phi) is 7.34. The topological polar surface area (TPSA) is 73.0 Å². The monoisotopic (exact) mass is 522 g/mol. The van der Waals surface area contributed by atoms with Gasteiger partial charge in [-0.2, -0.15) is 0 Å². The van der Waals surface area contributed by atoms with Crippen molar-refractivity contribution in [1.29, 1.82) is 0 Å². The molecule has 3 aromatic rings. The Bertz CT molecular complexity index is 1340. The van der Waals surface area contributed by atoms with Crippen LogP contribution >= 0.6 is 11.6 Å². The molecule has 3 heterocycles. The van der Waals surface area contributed by atoms with Crippen LogP contribution in [0.25, 0.3) is 10.9 Å². The molecule has 0 radical (unpaired) electrons. The van der Waals surface area contributed by atoms with E-state index in [0.29, 0.717) is 31.2 Å². The van der Waals surface area contributed by atoms with E-state index in [1.54, 1.807) is 11.8 Å². The Balaban J connectivity index is 1.37. The lowest BCUT2D eigenvalue weighted by atomic mass is 9.92. The van der Waals surface area contributed by atoms with Gasteiger partial charge in [0.1, 0.15) is 11.8 Å². The van der Waals surface area contributed by atoms with Crippen molar-refractivity contribution in [3.8, 4) is 17.6 Å². The second-order valence-electron chi connectivity index (χ2n) is 9.69. The van der Waals surface area contributed by atoms with Crippen molar-refractivity contribution in [3.63, 3.8) is 0 Å². The standard InChI is InChI=1S/C29H31ClN2O5/c1-4-5-15-35-28(33)32-14-12-23-24-17-20(30)8-11-25(24)31-26(23)27(32)19-6-9-21(10-7-19)34-16-13-22-18-36-29(2,3)37-22/h6-11,17,22,27,31H,12-16,18H2,1-3H3/t22-,27?/m1/s1. The lowest BCUT2D eigenvalue weighted by Gasteiger charge is -2.35. The van der Waals surface area contributed by atoms with Crippen molar-refractivity contribution in [1.82, 2.24) is 9.88 Å². The van der Waals surface area contributed by atoms with Gasteiger partial charge in [-0.25, -0.2) is 4.79 Å². The zero-order chi connectivity index (χ0) is 26.0. The van der Waals surface area contributed by atoms with E-state index in [0.717, 1.165) is 34.3 Å². The van der Waals surface area contributed by atoms with Gasteiger partial charge in [0.25, 0.3) is 0 Å². The molecule has 8 heteroatoms. The van der Waals surface area contributed by atoms with Crippen molar-refractivity contribution in [3.05, 3.63) is 64.3 Å². The molecule has 2 atom stereocenters. The van der Waals surface area contributed by atoms with E-state index < -0.39 is 11.9 Å². The summed E-state index contributed by atoms with van der Waals surface area (Å²) in [5.41, 5.74) is 4.09. The molecule has 37 heavy (non-hydrogen) atoms. The summed E-state index contributed by atoms with van der Waals surface area (Å²) in [7, 11) is 0. The molecule has 0 spiro atoms. The first kappa shape index (κ1) is 25.5. The first-order valence-corrected chi connectivity index (χ1v) is 12.9. The summed E-state index contributed by atoms with van der Waals surface area (Å²) in [6, 6.07) is 13.4. The summed E-state index contributed by atoms with van der Waals surface area (Å²) < 4.78 is 22.9. The molecule has 1 unspecified atom stereocenters. The number of fused-ring (bicyclic) bond motifs is 3. The van der Waals surface area contributed by atoms with Crippen molar-refractivity contribution < 1.29 is 23.7 Å². The number of aromatic amines is 1. The van der Waals surface area contributed by atoms with Crippen LogP contribution < -0.4 is 4.74 Å². The molecule has 1 fully saturated rings. The predicted octanol–water partition coefficient (Wildman–Crippen LogP) is 5.85. The first-order chi connectivity index (χ1) is 17.8. The zero-order valence-corrected chi connectivity index (χ0v) is 22.1. The molecule has 1 saturated heterocycles. The number of carbonyl (C=O) groups is 1. The highest BCUT2D eigenvalue weighted by Crippen LogP contribution is 2.39. The van der Waals surface area contributed by atoms with E-state index in [2.05, 4.69) is 16.8 Å². The Morgan fingerprint density at radius 3 is 2.78 bits per heavy atom. The molecule has 7 nitrogen and oxygen atoms in total. The van der Waals surface area contributed by atoms with Gasteiger partial charge in [-0.15, -0.1) is 5.92 Å². The van der Waals surface area contributed by atoms with Gasteiger partial charge in [0, 0.05) is 34.6 Å². The Labute approximate surface area is 222 Å². The molecular formula is C29H31ClN2O5. The minimum Gasteiger partial charge on any atom is -0.493 e. The van der Waals surface area contributed by atoms with Crippen LogP contribution in [-0.2, 0) is 20.6 Å². The fourth-order valence-corrected chi connectivity index (χ4v) is 5.19. The lowest BCUT2D eigenvalue weighted by Crippen LogP contribution is -2.41. The molecule has 0 bridgehead atoms. The van der Waals surface area contributed by atoms with Crippen LogP contribution in [0.1, 0.15) is 50.1 Å². The summed E-state index contributed by atoms with van der Waals surface area (Å²) in [5.74, 6) is 5.78. The quantitative estimate of drug-likeness (QED) is 0.411. The normalized spacial score (nSPS) is 20.3. The van der Waals surface area contributed by atoms with Gasteiger partial charge in [0.05, 0.1) is 19.3 Å². The highest BCUT2D eigenvalue weighted by molar-refractivity contribution is 6.31. The minimum absolute atomic E-state index is 0.0300. The maximum Gasteiger partial charge on any atom is 0.411 e. The van der Waals surface area contributed by atoms with Gasteiger partial charge >= 0.3 is 6.09 Å². The number of nitrogens with one attached hydrogen (secondary N) is 1. The average Bonchev–Trinajstić information content (AvgIpc) is 3.42. The number of rotatable bonds is 6. The summed E-state index contributed by atoms with van der Waals surface area (Å²) >= 11 is 6.30. The smallest absolute Gasteiger partial charge is 0.411 e. The van der Waals surface area contributed by atoms with Crippen LogP contribution in [0, 0.1) is 11.8 Å². The highest BCUT2D eigenvalue weighted by atomic mass is 35.5. The molecule has 1 N–H and O–H groups in total. The largest absolute Gasteiger partial charge is 0.493 e. The van der Waals surface area contributed by atoms with Crippen molar-refractivity contribution in [2.75, 3.05) is 26.4 Å². The zero-order valence-electron chi connectivity index (χ0n) is 21.3. The van der Waals surface area contributed by atoms with Gasteiger partial charge in [-0.1, -0.05) is 29.7 Å². The SMILES string of the molecule is CC#CCOC(=O)N1CCc2c([nH]c3ccc(Cl)cc23)C1c1ccc(OCC[C@@H]2COC(C)(C)O2)cc1. The first-order valence-electron chi connectivity index (χ1n) is 12.5. The van der Waals surface area contributed by atoms with Gasteiger partial charge in [-0.05, 0) is 68.7 Å². The maximum atomic E-state index is 13.1. The molecule has 1 amide bonds. The Morgan fingerprint density at radius 2 is 2.05 bits per heavy atom. The Hall–Kier alpha value is -3.18. The number of hydrogen-bond donors (Lipinski definition) is 1. The second kappa shape index (κ2) is 10.7. The lowest BCUT2D eigenvalue weighted by molar-refractivity contribution is -0.139. The van der Waals surface area contributed by atoms with Crippen LogP contribution in [0.4, 0.5) is 4.79 Å². The van der Waals surface area contributed by atoms with Gasteiger partial charge in [-0.3, -0.25) is 4.90 Å². The van der Waals surface area contributed by atoms with Crippen LogP contribution in [-0.4, -0.2) is 54.2 Å². The highest BCUT2D eigenvalue weighted by Gasteiger charge is 2.36. The van der Waals surface area contributed by atoms with Crippen molar-refractivity contribution >= 4 is 28.6 Å². The van der Waals surface area contributed by atoms with Crippen LogP contribution in [0.2, 0.25) is 5.02 Å². The summed E-state index contributed by atoms with van der Waals surface area (Å²) in [6.07, 6.45) is 1.08. The Morgan fingerprint density at radius 1 is 1.24 bits per heavy atom. The number of aromatic nitrogens is 1. The number of ether oxygens (including phenoxy) is 4.